The highest BCUT2D eigenvalue weighted by atomic mass is 79.9. The lowest BCUT2D eigenvalue weighted by atomic mass is 10.2. The van der Waals surface area contributed by atoms with Crippen molar-refractivity contribution in [1.82, 2.24) is 0 Å². The number of methoxy groups -OCH3 is 1. The monoisotopic (exact) mass is 250 g/mol. The maximum Gasteiger partial charge on any atom is 0.144 e. The van der Waals surface area contributed by atoms with E-state index in [1.807, 2.05) is 0 Å². The van der Waals surface area contributed by atoms with Crippen molar-refractivity contribution in [1.29, 1.82) is 0 Å². The summed E-state index contributed by atoms with van der Waals surface area (Å²) in [6.45, 7) is -0.0929. The summed E-state index contributed by atoms with van der Waals surface area (Å²) in [5, 5.41) is 9.49. The van der Waals surface area contributed by atoms with E-state index in [4.69, 9.17) is 21.4 Å². The molecule has 0 aliphatic heterocycles. The number of ether oxygens (including phenoxy) is 1. The lowest BCUT2D eigenvalue weighted by Gasteiger charge is -2.09. The van der Waals surface area contributed by atoms with Gasteiger partial charge in [-0.15, -0.1) is 0 Å². The minimum atomic E-state index is -0.0929. The molecule has 0 radical (unpaired) electrons. The zero-order valence-corrected chi connectivity index (χ0v) is 8.82. The summed E-state index contributed by atoms with van der Waals surface area (Å²) in [7, 11) is 1.52. The van der Waals surface area contributed by atoms with Crippen molar-refractivity contribution in [3.8, 4) is 5.75 Å². The molecule has 1 aromatic rings. The highest BCUT2D eigenvalue weighted by molar-refractivity contribution is 9.10. The average molecular weight is 252 g/mol. The molecule has 0 atom stereocenters. The lowest BCUT2D eigenvalue weighted by Crippen LogP contribution is -1.93. The molecule has 66 valence electrons. The van der Waals surface area contributed by atoms with E-state index >= 15 is 0 Å². The van der Waals surface area contributed by atoms with Gasteiger partial charge in [-0.05, 0) is 12.1 Å². The van der Waals surface area contributed by atoms with Gasteiger partial charge in [0.15, 0.2) is 0 Å². The van der Waals surface area contributed by atoms with Gasteiger partial charge in [-0.2, -0.15) is 0 Å². The number of hydrogen-bond acceptors (Lipinski definition) is 2. The second-order valence-electron chi connectivity index (χ2n) is 2.20. The van der Waals surface area contributed by atoms with E-state index in [1.165, 1.54) is 7.11 Å². The molecule has 0 aliphatic carbocycles. The molecule has 0 heterocycles. The van der Waals surface area contributed by atoms with E-state index in [1.54, 1.807) is 12.1 Å². The molecule has 1 aromatic carbocycles. The van der Waals surface area contributed by atoms with Crippen LogP contribution in [0.25, 0.3) is 0 Å². The quantitative estimate of drug-likeness (QED) is 0.875. The maximum absolute atomic E-state index is 8.99. The Morgan fingerprint density at radius 3 is 2.67 bits per heavy atom. The summed E-state index contributed by atoms with van der Waals surface area (Å²) in [6, 6.07) is 3.49. The summed E-state index contributed by atoms with van der Waals surface area (Å²) in [5.74, 6) is 0.522. The van der Waals surface area contributed by atoms with Crippen LogP contribution < -0.4 is 4.74 Å². The summed E-state index contributed by atoms with van der Waals surface area (Å²) in [5.41, 5.74) is 0.671. The van der Waals surface area contributed by atoms with Gasteiger partial charge < -0.3 is 9.84 Å². The largest absolute Gasteiger partial charge is 0.495 e. The molecule has 0 bridgehead atoms. The standard InChI is InChI=1S/C8H8BrClO2/c1-12-8-5(4-11)6(9)2-3-7(8)10/h2-3,11H,4H2,1H3. The summed E-state index contributed by atoms with van der Waals surface area (Å²) >= 11 is 9.11. The molecule has 0 spiro atoms. The van der Waals surface area contributed by atoms with Crippen LogP contribution >= 0.6 is 27.5 Å². The number of hydrogen-bond donors (Lipinski definition) is 1. The van der Waals surface area contributed by atoms with E-state index in [-0.39, 0.29) is 6.61 Å². The molecule has 0 amide bonds. The Balaban J connectivity index is 3.28. The zero-order chi connectivity index (χ0) is 9.14. The van der Waals surface area contributed by atoms with Gasteiger partial charge in [0, 0.05) is 10.0 Å². The van der Waals surface area contributed by atoms with Crippen molar-refractivity contribution in [3.63, 3.8) is 0 Å². The number of aliphatic hydroxyl groups is 1. The van der Waals surface area contributed by atoms with Gasteiger partial charge in [0.1, 0.15) is 5.75 Å². The summed E-state index contributed by atoms with van der Waals surface area (Å²) < 4.78 is 5.82. The van der Waals surface area contributed by atoms with Crippen LogP contribution in [0.15, 0.2) is 16.6 Å². The lowest BCUT2D eigenvalue weighted by molar-refractivity contribution is 0.273. The zero-order valence-electron chi connectivity index (χ0n) is 6.47. The third kappa shape index (κ3) is 1.73. The molecule has 0 saturated heterocycles. The van der Waals surface area contributed by atoms with Gasteiger partial charge >= 0.3 is 0 Å². The molecule has 2 nitrogen and oxygen atoms in total. The fourth-order valence-corrected chi connectivity index (χ4v) is 1.64. The van der Waals surface area contributed by atoms with Crippen LogP contribution in [0, 0.1) is 0 Å². The smallest absolute Gasteiger partial charge is 0.144 e. The number of rotatable bonds is 2. The molecule has 1 N–H and O–H groups in total. The first-order valence-electron chi connectivity index (χ1n) is 3.32. The Kier molecular flexibility index (Phi) is 3.38. The number of aliphatic hydroxyl groups excluding tert-OH is 1. The first-order chi connectivity index (χ1) is 5.70. The predicted molar refractivity (Wildman–Crippen MR) is 51.6 cm³/mol. The van der Waals surface area contributed by atoms with Gasteiger partial charge in [-0.3, -0.25) is 0 Å². The maximum atomic E-state index is 8.99. The summed E-state index contributed by atoms with van der Waals surface area (Å²) in [4.78, 5) is 0. The molecule has 0 fully saturated rings. The second-order valence-corrected chi connectivity index (χ2v) is 3.46. The van der Waals surface area contributed by atoms with Crippen LogP contribution in [0.2, 0.25) is 5.02 Å². The summed E-state index contributed by atoms with van der Waals surface area (Å²) in [6.07, 6.45) is 0. The van der Waals surface area contributed by atoms with Crippen molar-refractivity contribution in [2.45, 2.75) is 6.61 Å². The van der Waals surface area contributed by atoms with Crippen LogP contribution in [0.1, 0.15) is 5.56 Å². The van der Waals surface area contributed by atoms with E-state index in [0.717, 1.165) is 4.47 Å². The van der Waals surface area contributed by atoms with Crippen LogP contribution in [0.5, 0.6) is 5.75 Å². The molecular weight excluding hydrogens is 243 g/mol. The van der Waals surface area contributed by atoms with Crippen molar-refractivity contribution in [2.75, 3.05) is 7.11 Å². The first kappa shape index (κ1) is 9.84. The minimum Gasteiger partial charge on any atom is -0.495 e. The number of halogens is 2. The molecule has 0 aliphatic rings. The fraction of sp³-hybridized carbons (Fsp3) is 0.250. The highest BCUT2D eigenvalue weighted by Crippen LogP contribution is 2.33. The van der Waals surface area contributed by atoms with Gasteiger partial charge in [0.25, 0.3) is 0 Å². The first-order valence-corrected chi connectivity index (χ1v) is 4.49. The van der Waals surface area contributed by atoms with Gasteiger partial charge in [-0.1, -0.05) is 27.5 Å². The second kappa shape index (κ2) is 4.12. The molecular formula is C8H8BrClO2. The van der Waals surface area contributed by atoms with Crippen molar-refractivity contribution in [2.24, 2.45) is 0 Å². The van der Waals surface area contributed by atoms with Gasteiger partial charge in [0.05, 0.1) is 18.7 Å². The molecule has 12 heavy (non-hydrogen) atoms. The Hall–Kier alpha value is -0.250. The third-order valence-electron chi connectivity index (χ3n) is 1.52. The van der Waals surface area contributed by atoms with E-state index in [2.05, 4.69) is 15.9 Å². The fourth-order valence-electron chi connectivity index (χ4n) is 0.943. The molecule has 0 unspecified atom stereocenters. The number of benzene rings is 1. The Bertz CT molecular complexity index is 260. The Morgan fingerprint density at radius 1 is 1.58 bits per heavy atom. The third-order valence-corrected chi connectivity index (χ3v) is 2.56. The molecule has 4 heteroatoms. The van der Waals surface area contributed by atoms with Crippen LogP contribution in [-0.2, 0) is 6.61 Å². The van der Waals surface area contributed by atoms with Crippen molar-refractivity contribution >= 4 is 27.5 Å². The van der Waals surface area contributed by atoms with Crippen molar-refractivity contribution < 1.29 is 9.84 Å². The minimum absolute atomic E-state index is 0.0929. The average Bonchev–Trinajstić information content (AvgIpc) is 2.08. The van der Waals surface area contributed by atoms with Crippen molar-refractivity contribution in [3.05, 3.63) is 27.2 Å². The van der Waals surface area contributed by atoms with Crippen LogP contribution in [0.4, 0.5) is 0 Å². The molecule has 0 saturated carbocycles. The molecule has 0 aromatic heterocycles. The van der Waals surface area contributed by atoms with Crippen LogP contribution in [-0.4, -0.2) is 12.2 Å². The molecule has 1 rings (SSSR count). The topological polar surface area (TPSA) is 29.5 Å². The predicted octanol–water partition coefficient (Wildman–Crippen LogP) is 2.60. The Morgan fingerprint density at radius 2 is 2.25 bits per heavy atom. The SMILES string of the molecule is COc1c(Cl)ccc(Br)c1CO. The normalized spacial score (nSPS) is 10.0. The van der Waals surface area contributed by atoms with Gasteiger partial charge in [0.2, 0.25) is 0 Å². The van der Waals surface area contributed by atoms with E-state index in [0.29, 0.717) is 16.3 Å². The van der Waals surface area contributed by atoms with E-state index < -0.39 is 0 Å². The van der Waals surface area contributed by atoms with Gasteiger partial charge in [-0.25, -0.2) is 0 Å². The van der Waals surface area contributed by atoms with Crippen LogP contribution in [0.3, 0.4) is 0 Å². The van der Waals surface area contributed by atoms with E-state index in [9.17, 15) is 0 Å². The highest BCUT2D eigenvalue weighted by Gasteiger charge is 2.09. The Labute approximate surface area is 84.2 Å².